The van der Waals surface area contributed by atoms with E-state index in [4.69, 9.17) is 5.73 Å². The molecule has 0 aromatic heterocycles. The van der Waals surface area contributed by atoms with Gasteiger partial charge in [0.15, 0.2) is 0 Å². The molecule has 0 saturated carbocycles. The Morgan fingerprint density at radius 2 is 2.00 bits per heavy atom. The highest BCUT2D eigenvalue weighted by molar-refractivity contribution is 7.89. The van der Waals surface area contributed by atoms with Gasteiger partial charge in [-0.25, -0.2) is 13.2 Å². The van der Waals surface area contributed by atoms with E-state index in [1.165, 1.54) is 22.5 Å². The average molecular weight is 312 g/mol. The fourth-order valence-electron chi connectivity index (χ4n) is 1.91. The van der Waals surface area contributed by atoms with Gasteiger partial charge in [-0.2, -0.15) is 4.31 Å². The normalized spacial score (nSPS) is 12.4. The lowest BCUT2D eigenvalue weighted by molar-refractivity contribution is 0.0692. The number of nitrogens with two attached hydrogens (primary N) is 1. The summed E-state index contributed by atoms with van der Waals surface area (Å²) >= 11 is 0. The fourth-order valence-corrected chi connectivity index (χ4v) is 3.83. The van der Waals surface area contributed by atoms with Crippen LogP contribution < -0.4 is 5.73 Å². The maximum Gasteiger partial charge on any atom is 0.337 e. The van der Waals surface area contributed by atoms with Crippen molar-refractivity contribution in [1.29, 1.82) is 0 Å². The SMILES string of the molecule is C=CCN(C(C)(C)C)S(=O)(=O)c1ccc(N)cc1C(=O)O. The third kappa shape index (κ3) is 3.62. The predicted molar refractivity (Wildman–Crippen MR) is 81.7 cm³/mol. The molecule has 0 atom stereocenters. The molecule has 0 aliphatic carbocycles. The molecule has 116 valence electrons. The van der Waals surface area contributed by atoms with Gasteiger partial charge in [-0.15, -0.1) is 6.58 Å². The fraction of sp³-hybridized carbons (Fsp3) is 0.357. The smallest absolute Gasteiger partial charge is 0.337 e. The van der Waals surface area contributed by atoms with Crippen molar-refractivity contribution in [3.63, 3.8) is 0 Å². The number of carbonyl (C=O) groups is 1. The number of rotatable bonds is 5. The van der Waals surface area contributed by atoms with E-state index in [-0.39, 0.29) is 22.7 Å². The van der Waals surface area contributed by atoms with E-state index in [0.29, 0.717) is 0 Å². The molecular weight excluding hydrogens is 292 g/mol. The highest BCUT2D eigenvalue weighted by atomic mass is 32.2. The van der Waals surface area contributed by atoms with Crippen molar-refractivity contribution in [2.45, 2.75) is 31.2 Å². The first-order valence-electron chi connectivity index (χ1n) is 6.28. The summed E-state index contributed by atoms with van der Waals surface area (Å²) in [5.41, 5.74) is 4.68. The van der Waals surface area contributed by atoms with Gasteiger partial charge in [0.25, 0.3) is 0 Å². The number of benzene rings is 1. The molecule has 0 aliphatic heterocycles. The third-order valence-electron chi connectivity index (χ3n) is 2.85. The number of carboxylic acid groups (broad SMARTS) is 1. The first-order chi connectivity index (χ1) is 9.51. The van der Waals surface area contributed by atoms with Crippen LogP contribution >= 0.6 is 0 Å². The van der Waals surface area contributed by atoms with Crippen LogP contribution in [0, 0.1) is 0 Å². The third-order valence-corrected chi connectivity index (χ3v) is 5.03. The molecule has 1 aromatic carbocycles. The van der Waals surface area contributed by atoms with Crippen LogP contribution in [0.4, 0.5) is 5.69 Å². The molecule has 0 radical (unpaired) electrons. The Kier molecular flexibility index (Phi) is 4.80. The van der Waals surface area contributed by atoms with Gasteiger partial charge in [-0.05, 0) is 39.0 Å². The molecule has 1 aromatic rings. The minimum absolute atomic E-state index is 0.0786. The molecule has 0 fully saturated rings. The van der Waals surface area contributed by atoms with E-state index in [2.05, 4.69) is 6.58 Å². The second-order valence-electron chi connectivity index (χ2n) is 5.56. The summed E-state index contributed by atoms with van der Waals surface area (Å²) in [4.78, 5) is 11.0. The maximum absolute atomic E-state index is 12.8. The first-order valence-corrected chi connectivity index (χ1v) is 7.72. The van der Waals surface area contributed by atoms with Crippen molar-refractivity contribution in [2.24, 2.45) is 0 Å². The molecule has 21 heavy (non-hydrogen) atoms. The van der Waals surface area contributed by atoms with Crippen molar-refractivity contribution in [1.82, 2.24) is 4.31 Å². The van der Waals surface area contributed by atoms with Crippen molar-refractivity contribution in [2.75, 3.05) is 12.3 Å². The summed E-state index contributed by atoms with van der Waals surface area (Å²) in [7, 11) is -3.99. The van der Waals surface area contributed by atoms with Gasteiger partial charge in [-0.1, -0.05) is 6.08 Å². The Morgan fingerprint density at radius 3 is 2.43 bits per heavy atom. The summed E-state index contributed by atoms with van der Waals surface area (Å²) in [5, 5.41) is 9.21. The van der Waals surface area contributed by atoms with Crippen LogP contribution in [0.15, 0.2) is 35.7 Å². The number of sulfonamides is 1. The summed E-state index contributed by atoms with van der Waals surface area (Å²) in [6.45, 7) is 8.81. The number of nitrogens with zero attached hydrogens (tertiary/aromatic N) is 1. The number of hydrogen-bond donors (Lipinski definition) is 2. The molecule has 6 nitrogen and oxygen atoms in total. The van der Waals surface area contributed by atoms with Crippen molar-refractivity contribution < 1.29 is 18.3 Å². The van der Waals surface area contributed by atoms with Gasteiger partial charge in [0.1, 0.15) is 0 Å². The second-order valence-corrected chi connectivity index (χ2v) is 7.39. The van der Waals surface area contributed by atoms with E-state index >= 15 is 0 Å². The lowest BCUT2D eigenvalue weighted by Crippen LogP contribution is -2.45. The topological polar surface area (TPSA) is 101 Å². The molecule has 0 amide bonds. The molecule has 0 spiro atoms. The number of carboxylic acids is 1. The standard InChI is InChI=1S/C14H20N2O4S/c1-5-8-16(14(2,3)4)21(19,20)12-7-6-10(15)9-11(12)13(17)18/h5-7,9H,1,8,15H2,2-4H3,(H,17,18). The summed E-state index contributed by atoms with van der Waals surface area (Å²) < 4.78 is 26.8. The molecule has 3 N–H and O–H groups in total. The van der Waals surface area contributed by atoms with Crippen LogP contribution in [0.3, 0.4) is 0 Å². The highest BCUT2D eigenvalue weighted by Crippen LogP contribution is 2.27. The molecule has 1 rings (SSSR count). The van der Waals surface area contributed by atoms with Gasteiger partial charge in [0.05, 0.1) is 10.5 Å². The minimum atomic E-state index is -3.99. The summed E-state index contributed by atoms with van der Waals surface area (Å²) in [5.74, 6) is -1.34. The zero-order valence-electron chi connectivity index (χ0n) is 12.3. The van der Waals surface area contributed by atoms with Crippen molar-refractivity contribution in [3.8, 4) is 0 Å². The molecule has 0 saturated heterocycles. The monoisotopic (exact) mass is 312 g/mol. The van der Waals surface area contributed by atoms with Crippen LogP contribution in [0.25, 0.3) is 0 Å². The van der Waals surface area contributed by atoms with Crippen LogP contribution in [0.2, 0.25) is 0 Å². The van der Waals surface area contributed by atoms with Gasteiger partial charge >= 0.3 is 5.97 Å². The number of aromatic carboxylic acids is 1. The predicted octanol–water partition coefficient (Wildman–Crippen LogP) is 1.94. The van der Waals surface area contributed by atoms with E-state index in [0.717, 1.165) is 6.07 Å². The van der Waals surface area contributed by atoms with Crippen molar-refractivity contribution in [3.05, 3.63) is 36.4 Å². The maximum atomic E-state index is 12.8. The van der Waals surface area contributed by atoms with Crippen LogP contribution in [0.1, 0.15) is 31.1 Å². The Hall–Kier alpha value is -1.86. The molecular formula is C14H20N2O4S. The minimum Gasteiger partial charge on any atom is -0.478 e. The largest absolute Gasteiger partial charge is 0.478 e. The summed E-state index contributed by atoms with van der Waals surface area (Å²) in [6, 6.07) is 3.73. The van der Waals surface area contributed by atoms with Crippen LogP contribution in [0.5, 0.6) is 0 Å². The molecule has 0 aliphatic rings. The molecule has 0 unspecified atom stereocenters. The Bertz CT molecular complexity index is 660. The first kappa shape index (κ1) is 17.2. The Labute approximate surface area is 124 Å². The van der Waals surface area contributed by atoms with E-state index < -0.39 is 21.5 Å². The zero-order chi connectivity index (χ0) is 16.4. The molecule has 0 heterocycles. The van der Waals surface area contributed by atoms with Crippen LogP contribution in [-0.2, 0) is 10.0 Å². The average Bonchev–Trinajstić information content (AvgIpc) is 2.33. The van der Waals surface area contributed by atoms with Gasteiger partial charge in [0.2, 0.25) is 10.0 Å². The van der Waals surface area contributed by atoms with E-state index in [1.807, 2.05) is 0 Å². The van der Waals surface area contributed by atoms with Crippen molar-refractivity contribution >= 4 is 21.7 Å². The number of nitrogen functional groups attached to an aromatic ring is 1. The lowest BCUT2D eigenvalue weighted by Gasteiger charge is -2.34. The van der Waals surface area contributed by atoms with Crippen LogP contribution in [-0.4, -0.2) is 35.9 Å². The summed E-state index contributed by atoms with van der Waals surface area (Å²) in [6.07, 6.45) is 1.46. The highest BCUT2D eigenvalue weighted by Gasteiger charge is 2.35. The Balaban J connectivity index is 3.56. The Morgan fingerprint density at radius 1 is 1.43 bits per heavy atom. The van der Waals surface area contributed by atoms with E-state index in [9.17, 15) is 18.3 Å². The van der Waals surface area contributed by atoms with E-state index in [1.54, 1.807) is 20.8 Å². The van der Waals surface area contributed by atoms with Gasteiger partial charge < -0.3 is 10.8 Å². The number of hydrogen-bond acceptors (Lipinski definition) is 4. The molecule has 7 heteroatoms. The van der Waals surface area contributed by atoms with Gasteiger partial charge in [0, 0.05) is 17.8 Å². The molecule has 0 bridgehead atoms. The quantitative estimate of drug-likeness (QED) is 0.639. The number of anilines is 1. The van der Waals surface area contributed by atoms with Gasteiger partial charge in [-0.3, -0.25) is 0 Å². The second kappa shape index (κ2) is 5.87. The lowest BCUT2D eigenvalue weighted by atomic mass is 10.1. The zero-order valence-corrected chi connectivity index (χ0v) is 13.1.